The Bertz CT molecular complexity index is 577. The highest BCUT2D eigenvalue weighted by Crippen LogP contribution is 2.55. The van der Waals surface area contributed by atoms with Crippen LogP contribution in [0.15, 0.2) is 24.3 Å². The monoisotopic (exact) mass is 346 g/mol. The highest BCUT2D eigenvalue weighted by molar-refractivity contribution is 6.30. The van der Waals surface area contributed by atoms with E-state index in [9.17, 15) is 4.79 Å². The zero-order valence-electron chi connectivity index (χ0n) is 14.4. The predicted molar refractivity (Wildman–Crippen MR) is 97.1 cm³/mol. The topological polar surface area (TPSA) is 41.1 Å². The van der Waals surface area contributed by atoms with Crippen LogP contribution in [0.2, 0.25) is 5.02 Å². The quantitative estimate of drug-likeness (QED) is 0.786. The van der Waals surface area contributed by atoms with Crippen molar-refractivity contribution in [3.63, 3.8) is 0 Å². The summed E-state index contributed by atoms with van der Waals surface area (Å²) in [7, 11) is 0. The highest BCUT2D eigenvalue weighted by atomic mass is 35.5. The van der Waals surface area contributed by atoms with Gasteiger partial charge in [0.2, 0.25) is 0 Å². The molecule has 0 heterocycles. The van der Waals surface area contributed by atoms with Gasteiger partial charge in [0.05, 0.1) is 6.04 Å². The van der Waals surface area contributed by atoms with E-state index in [1.807, 2.05) is 24.3 Å². The van der Waals surface area contributed by atoms with Gasteiger partial charge in [-0.1, -0.05) is 30.7 Å². The Balaban J connectivity index is 1.41. The summed E-state index contributed by atoms with van der Waals surface area (Å²) < 4.78 is 0. The molecule has 1 unspecified atom stereocenters. The lowest BCUT2D eigenvalue weighted by Gasteiger charge is -2.56. The van der Waals surface area contributed by atoms with Gasteiger partial charge in [0.15, 0.2) is 0 Å². The van der Waals surface area contributed by atoms with E-state index in [2.05, 4.69) is 17.6 Å². The maximum absolute atomic E-state index is 12.7. The average molecular weight is 347 g/mol. The Morgan fingerprint density at radius 1 is 1.12 bits per heavy atom. The van der Waals surface area contributed by atoms with Gasteiger partial charge in [-0.2, -0.15) is 0 Å². The largest absolute Gasteiger partial charge is 0.333 e. The molecule has 0 saturated heterocycles. The molecule has 130 valence electrons. The van der Waals surface area contributed by atoms with E-state index < -0.39 is 0 Å². The van der Waals surface area contributed by atoms with Gasteiger partial charge < -0.3 is 10.6 Å². The summed E-state index contributed by atoms with van der Waals surface area (Å²) in [6, 6.07) is 7.81. The van der Waals surface area contributed by atoms with Crippen molar-refractivity contribution in [2.24, 2.45) is 17.8 Å². The molecule has 4 aliphatic carbocycles. The Labute approximate surface area is 149 Å². The molecule has 24 heavy (non-hydrogen) atoms. The molecule has 3 nitrogen and oxygen atoms in total. The molecule has 4 fully saturated rings. The van der Waals surface area contributed by atoms with E-state index in [-0.39, 0.29) is 17.6 Å². The fraction of sp³-hybridized carbons (Fsp3) is 0.650. The summed E-state index contributed by atoms with van der Waals surface area (Å²) in [5, 5.41) is 7.31. The van der Waals surface area contributed by atoms with E-state index >= 15 is 0 Å². The van der Waals surface area contributed by atoms with Gasteiger partial charge in [0.25, 0.3) is 0 Å². The van der Waals surface area contributed by atoms with Crippen LogP contribution in [0.25, 0.3) is 0 Å². The molecule has 4 aliphatic rings. The van der Waals surface area contributed by atoms with Gasteiger partial charge in [-0.15, -0.1) is 0 Å². The lowest BCUT2D eigenvalue weighted by Crippen LogP contribution is -2.61. The number of benzene rings is 1. The highest BCUT2D eigenvalue weighted by Gasteiger charge is 2.51. The standard InChI is InChI=1S/C20H27ClN2O/c1-2-18(16-3-5-17(21)6-4-16)22-19(24)23-20-10-13-7-14(11-20)9-15(8-13)12-20/h3-6,13-15,18H,2,7-12H2,1H3,(H2,22,23,24). The van der Waals surface area contributed by atoms with Crippen LogP contribution < -0.4 is 10.6 Å². The van der Waals surface area contributed by atoms with E-state index in [1.165, 1.54) is 38.5 Å². The van der Waals surface area contributed by atoms with E-state index in [4.69, 9.17) is 11.6 Å². The molecule has 0 aromatic heterocycles. The summed E-state index contributed by atoms with van der Waals surface area (Å²) >= 11 is 5.97. The molecule has 1 aromatic carbocycles. The van der Waals surface area contributed by atoms with Gasteiger partial charge in [0.1, 0.15) is 0 Å². The Kier molecular flexibility index (Phi) is 4.24. The Morgan fingerprint density at radius 2 is 1.67 bits per heavy atom. The maximum atomic E-state index is 12.7. The minimum absolute atomic E-state index is 0.00116. The molecular formula is C20H27ClN2O. The van der Waals surface area contributed by atoms with E-state index in [1.54, 1.807) is 0 Å². The SMILES string of the molecule is CCC(NC(=O)NC12CC3CC(CC(C3)C1)C2)c1ccc(Cl)cc1. The molecular weight excluding hydrogens is 320 g/mol. The van der Waals surface area contributed by atoms with Crippen molar-refractivity contribution in [1.82, 2.24) is 10.6 Å². The van der Waals surface area contributed by atoms with Crippen LogP contribution in [0.3, 0.4) is 0 Å². The third kappa shape index (κ3) is 3.15. The molecule has 4 bridgehead atoms. The lowest BCUT2D eigenvalue weighted by atomic mass is 9.53. The molecule has 1 atom stereocenters. The first-order chi connectivity index (χ1) is 11.5. The van der Waals surface area contributed by atoms with Crippen molar-refractivity contribution < 1.29 is 4.79 Å². The number of hydrogen-bond donors (Lipinski definition) is 2. The minimum atomic E-state index is -0.00116. The van der Waals surface area contributed by atoms with Crippen LogP contribution in [-0.2, 0) is 0 Å². The summed E-state index contributed by atoms with van der Waals surface area (Å²) in [5.41, 5.74) is 1.18. The van der Waals surface area contributed by atoms with Crippen LogP contribution in [0.4, 0.5) is 4.79 Å². The van der Waals surface area contributed by atoms with Gasteiger partial charge in [-0.05, 0) is 80.4 Å². The summed E-state index contributed by atoms with van der Waals surface area (Å²) in [5.74, 6) is 2.53. The number of rotatable bonds is 4. The summed E-state index contributed by atoms with van der Waals surface area (Å²) in [6.45, 7) is 2.10. The van der Waals surface area contributed by atoms with E-state index in [0.29, 0.717) is 0 Å². The van der Waals surface area contributed by atoms with Crippen LogP contribution in [0.1, 0.15) is 63.5 Å². The maximum Gasteiger partial charge on any atom is 0.315 e. The third-order valence-corrected chi connectivity index (χ3v) is 6.65. The Hall–Kier alpha value is -1.22. The van der Waals surface area contributed by atoms with Crippen molar-refractivity contribution in [1.29, 1.82) is 0 Å². The van der Waals surface area contributed by atoms with Crippen molar-refractivity contribution in [3.8, 4) is 0 Å². The average Bonchev–Trinajstić information content (AvgIpc) is 2.51. The van der Waals surface area contributed by atoms with E-state index in [0.717, 1.165) is 34.8 Å². The van der Waals surface area contributed by atoms with Gasteiger partial charge >= 0.3 is 6.03 Å². The molecule has 0 aliphatic heterocycles. The van der Waals surface area contributed by atoms with Crippen LogP contribution in [-0.4, -0.2) is 11.6 Å². The smallest absolute Gasteiger partial charge is 0.315 e. The third-order valence-electron chi connectivity index (χ3n) is 6.40. The van der Waals surface area contributed by atoms with Crippen molar-refractivity contribution in [2.75, 3.05) is 0 Å². The fourth-order valence-corrected chi connectivity index (χ4v) is 5.94. The van der Waals surface area contributed by atoms with Crippen LogP contribution in [0, 0.1) is 17.8 Å². The number of carbonyl (C=O) groups is 1. The molecule has 1 aromatic rings. The zero-order valence-corrected chi connectivity index (χ0v) is 15.1. The second-order valence-electron chi connectivity index (χ2n) is 8.31. The molecule has 2 amide bonds. The molecule has 4 saturated carbocycles. The van der Waals surface area contributed by atoms with Gasteiger partial charge in [-0.3, -0.25) is 0 Å². The summed E-state index contributed by atoms with van der Waals surface area (Å²) in [4.78, 5) is 12.7. The summed E-state index contributed by atoms with van der Waals surface area (Å²) in [6.07, 6.45) is 8.61. The second-order valence-corrected chi connectivity index (χ2v) is 8.75. The van der Waals surface area contributed by atoms with Crippen molar-refractivity contribution in [3.05, 3.63) is 34.9 Å². The van der Waals surface area contributed by atoms with Crippen LogP contribution in [0.5, 0.6) is 0 Å². The first-order valence-electron chi connectivity index (χ1n) is 9.39. The molecule has 5 rings (SSSR count). The lowest BCUT2D eigenvalue weighted by molar-refractivity contribution is -0.0136. The van der Waals surface area contributed by atoms with Gasteiger partial charge in [-0.25, -0.2) is 4.79 Å². The number of urea groups is 1. The number of hydrogen-bond acceptors (Lipinski definition) is 1. The minimum Gasteiger partial charge on any atom is -0.333 e. The number of carbonyl (C=O) groups excluding carboxylic acids is 1. The normalized spacial score (nSPS) is 34.8. The van der Waals surface area contributed by atoms with Crippen molar-refractivity contribution >= 4 is 17.6 Å². The Morgan fingerprint density at radius 3 is 2.17 bits per heavy atom. The molecule has 2 N–H and O–H groups in total. The number of halogens is 1. The van der Waals surface area contributed by atoms with Crippen LogP contribution >= 0.6 is 11.6 Å². The zero-order chi connectivity index (χ0) is 16.7. The van der Waals surface area contributed by atoms with Gasteiger partial charge in [0, 0.05) is 10.6 Å². The predicted octanol–water partition coefficient (Wildman–Crippen LogP) is 5.06. The molecule has 4 heteroatoms. The fourth-order valence-electron chi connectivity index (χ4n) is 5.82. The first-order valence-corrected chi connectivity index (χ1v) is 9.77. The number of nitrogens with one attached hydrogen (secondary N) is 2. The first kappa shape index (κ1) is 16.3. The van der Waals surface area contributed by atoms with Crippen molar-refractivity contribution in [2.45, 2.75) is 63.5 Å². The second kappa shape index (κ2) is 6.25. The molecule has 0 spiro atoms. The number of amides is 2. The molecule has 0 radical (unpaired) electrons.